The average molecular weight is 335 g/mol. The Morgan fingerprint density at radius 1 is 1.04 bits per heavy atom. The molecule has 0 amide bonds. The van der Waals surface area contributed by atoms with Crippen molar-refractivity contribution in [2.45, 2.75) is 6.61 Å². The summed E-state index contributed by atoms with van der Waals surface area (Å²) < 4.78 is 10.6. The fourth-order valence-corrected chi connectivity index (χ4v) is 3.13. The summed E-state index contributed by atoms with van der Waals surface area (Å²) in [6, 6.07) is 19.1. The number of carbonyl (C=O) groups excluding carboxylic acids is 1. The maximum Gasteiger partial charge on any atom is 0.338 e. The van der Waals surface area contributed by atoms with E-state index in [0.29, 0.717) is 17.0 Å². The fourth-order valence-electron chi connectivity index (χ4n) is 2.45. The topological polar surface area (TPSA) is 52.3 Å². The van der Waals surface area contributed by atoms with Crippen molar-refractivity contribution in [1.82, 2.24) is 5.16 Å². The lowest BCUT2D eigenvalue weighted by molar-refractivity contribution is 0.0464. The molecule has 4 aromatic rings. The summed E-state index contributed by atoms with van der Waals surface area (Å²) in [5.41, 5.74) is 1.11. The lowest BCUT2D eigenvalue weighted by atomic mass is 10.1. The molecule has 0 aliphatic heterocycles. The van der Waals surface area contributed by atoms with Gasteiger partial charge < -0.3 is 9.26 Å². The van der Waals surface area contributed by atoms with E-state index in [1.807, 2.05) is 53.9 Å². The molecule has 24 heavy (non-hydrogen) atoms. The third-order valence-electron chi connectivity index (χ3n) is 3.66. The molecule has 2 aromatic carbocycles. The minimum absolute atomic E-state index is 0.0839. The van der Waals surface area contributed by atoms with Crippen molar-refractivity contribution >= 4 is 28.1 Å². The average Bonchev–Trinajstić information content (AvgIpc) is 3.30. The van der Waals surface area contributed by atoms with E-state index in [1.165, 1.54) is 0 Å². The molecule has 0 fully saturated rings. The van der Waals surface area contributed by atoms with E-state index < -0.39 is 0 Å². The number of carbonyl (C=O) groups is 1. The summed E-state index contributed by atoms with van der Waals surface area (Å²) in [6.07, 6.45) is 0. The first kappa shape index (κ1) is 14.7. The van der Waals surface area contributed by atoms with Gasteiger partial charge in [0.05, 0.1) is 10.4 Å². The first-order valence-electron chi connectivity index (χ1n) is 7.45. The number of nitrogens with zero attached hydrogens (tertiary/aromatic N) is 1. The smallest absolute Gasteiger partial charge is 0.338 e. The summed E-state index contributed by atoms with van der Waals surface area (Å²) in [7, 11) is 0. The molecule has 0 radical (unpaired) electrons. The Kier molecular flexibility index (Phi) is 3.84. The molecule has 0 bridgehead atoms. The van der Waals surface area contributed by atoms with Gasteiger partial charge in [-0.15, -0.1) is 11.3 Å². The van der Waals surface area contributed by atoms with E-state index in [0.717, 1.165) is 15.6 Å². The zero-order chi connectivity index (χ0) is 16.4. The van der Waals surface area contributed by atoms with Gasteiger partial charge in [0.2, 0.25) is 0 Å². The molecule has 0 saturated heterocycles. The Morgan fingerprint density at radius 2 is 1.92 bits per heavy atom. The Balaban J connectivity index is 1.46. The van der Waals surface area contributed by atoms with Crippen molar-refractivity contribution in [1.29, 1.82) is 0 Å². The second-order valence-corrected chi connectivity index (χ2v) is 6.25. The van der Waals surface area contributed by atoms with Crippen LogP contribution in [0.25, 0.3) is 21.4 Å². The molecule has 2 aromatic heterocycles. The first-order chi connectivity index (χ1) is 11.8. The molecule has 4 nitrogen and oxygen atoms in total. The Hall–Kier alpha value is -2.92. The second-order valence-electron chi connectivity index (χ2n) is 5.30. The van der Waals surface area contributed by atoms with Gasteiger partial charge in [-0.25, -0.2) is 4.79 Å². The van der Waals surface area contributed by atoms with E-state index in [4.69, 9.17) is 9.26 Å². The van der Waals surface area contributed by atoms with E-state index in [9.17, 15) is 4.79 Å². The number of fused-ring (bicyclic) bond motifs is 1. The first-order valence-corrected chi connectivity index (χ1v) is 8.33. The minimum atomic E-state index is -0.374. The molecular formula is C19H13NO3S. The molecule has 0 spiro atoms. The van der Waals surface area contributed by atoms with Crippen molar-refractivity contribution in [3.63, 3.8) is 0 Å². The Morgan fingerprint density at radius 3 is 2.75 bits per heavy atom. The van der Waals surface area contributed by atoms with E-state index in [2.05, 4.69) is 5.16 Å². The largest absolute Gasteiger partial charge is 0.455 e. The van der Waals surface area contributed by atoms with Crippen LogP contribution in [0.3, 0.4) is 0 Å². The van der Waals surface area contributed by atoms with Crippen LogP contribution in [0.15, 0.2) is 70.6 Å². The van der Waals surface area contributed by atoms with Crippen molar-refractivity contribution in [2.75, 3.05) is 0 Å². The molecule has 0 saturated carbocycles. The number of esters is 1. The van der Waals surface area contributed by atoms with Gasteiger partial charge in [0.1, 0.15) is 12.3 Å². The van der Waals surface area contributed by atoms with Gasteiger partial charge in [-0.05, 0) is 34.4 Å². The van der Waals surface area contributed by atoms with Crippen molar-refractivity contribution in [2.24, 2.45) is 0 Å². The van der Waals surface area contributed by atoms with Crippen LogP contribution in [0.4, 0.5) is 0 Å². The highest BCUT2D eigenvalue weighted by Gasteiger charge is 2.12. The highest BCUT2D eigenvalue weighted by molar-refractivity contribution is 7.13. The SMILES string of the molecule is O=C(OCc1cc(-c2cccs2)on1)c1ccc2ccccc2c1. The van der Waals surface area contributed by atoms with Crippen molar-refractivity contribution < 1.29 is 14.1 Å². The lowest BCUT2D eigenvalue weighted by Gasteiger charge is -2.04. The lowest BCUT2D eigenvalue weighted by Crippen LogP contribution is -2.05. The molecule has 0 atom stereocenters. The molecule has 2 heterocycles. The zero-order valence-electron chi connectivity index (χ0n) is 12.6. The number of hydrogen-bond acceptors (Lipinski definition) is 5. The zero-order valence-corrected chi connectivity index (χ0v) is 13.5. The highest BCUT2D eigenvalue weighted by Crippen LogP contribution is 2.25. The van der Waals surface area contributed by atoms with Crippen LogP contribution >= 0.6 is 11.3 Å². The molecule has 0 aliphatic rings. The Bertz CT molecular complexity index is 989. The highest BCUT2D eigenvalue weighted by atomic mass is 32.1. The predicted octanol–water partition coefficient (Wildman–Crippen LogP) is 4.91. The van der Waals surface area contributed by atoms with Gasteiger partial charge in [-0.3, -0.25) is 0 Å². The maximum atomic E-state index is 12.2. The van der Waals surface area contributed by atoms with E-state index >= 15 is 0 Å². The number of hydrogen-bond donors (Lipinski definition) is 0. The van der Waals surface area contributed by atoms with Crippen LogP contribution in [0.1, 0.15) is 16.1 Å². The normalized spacial score (nSPS) is 10.8. The number of aromatic nitrogens is 1. The van der Waals surface area contributed by atoms with Gasteiger partial charge >= 0.3 is 5.97 Å². The second kappa shape index (κ2) is 6.29. The summed E-state index contributed by atoms with van der Waals surface area (Å²) >= 11 is 1.57. The van der Waals surface area contributed by atoms with E-state index in [1.54, 1.807) is 23.5 Å². The van der Waals surface area contributed by atoms with Gasteiger partial charge in [-0.2, -0.15) is 0 Å². The van der Waals surface area contributed by atoms with Crippen LogP contribution < -0.4 is 0 Å². The van der Waals surface area contributed by atoms with Crippen LogP contribution in [0.2, 0.25) is 0 Å². The monoisotopic (exact) mass is 335 g/mol. The maximum absolute atomic E-state index is 12.2. The number of benzene rings is 2. The number of rotatable bonds is 4. The molecule has 0 N–H and O–H groups in total. The predicted molar refractivity (Wildman–Crippen MR) is 92.9 cm³/mol. The summed E-state index contributed by atoms with van der Waals surface area (Å²) in [6.45, 7) is 0.0839. The number of ether oxygens (including phenoxy) is 1. The van der Waals surface area contributed by atoms with Gasteiger partial charge in [0.25, 0.3) is 0 Å². The van der Waals surface area contributed by atoms with Gasteiger partial charge in [-0.1, -0.05) is 41.6 Å². The van der Waals surface area contributed by atoms with Crippen molar-refractivity contribution in [3.05, 3.63) is 77.3 Å². The van der Waals surface area contributed by atoms with Crippen LogP contribution in [-0.2, 0) is 11.3 Å². The molecule has 5 heteroatoms. The third kappa shape index (κ3) is 2.94. The molecule has 118 valence electrons. The van der Waals surface area contributed by atoms with E-state index in [-0.39, 0.29) is 12.6 Å². The minimum Gasteiger partial charge on any atom is -0.455 e. The molecule has 4 rings (SSSR count). The summed E-state index contributed by atoms with van der Waals surface area (Å²) in [5, 5.41) is 8.01. The van der Waals surface area contributed by atoms with Crippen LogP contribution in [0.5, 0.6) is 0 Å². The van der Waals surface area contributed by atoms with Crippen molar-refractivity contribution in [3.8, 4) is 10.6 Å². The van der Waals surface area contributed by atoms with Gasteiger partial charge in [0, 0.05) is 6.07 Å². The molecule has 0 aliphatic carbocycles. The van der Waals surface area contributed by atoms with Crippen LogP contribution in [0, 0.1) is 0 Å². The standard InChI is InChI=1S/C19H13NO3S/c21-19(15-8-7-13-4-1-2-5-14(13)10-15)22-12-16-11-17(23-20-16)18-6-3-9-24-18/h1-11H,12H2. The quantitative estimate of drug-likeness (QED) is 0.497. The molecule has 0 unspecified atom stereocenters. The third-order valence-corrected chi connectivity index (χ3v) is 4.54. The van der Waals surface area contributed by atoms with Crippen LogP contribution in [-0.4, -0.2) is 11.1 Å². The van der Waals surface area contributed by atoms with Gasteiger partial charge in [0.15, 0.2) is 5.76 Å². The summed E-state index contributed by atoms with van der Waals surface area (Å²) in [4.78, 5) is 13.2. The molecular weight excluding hydrogens is 322 g/mol. The summed E-state index contributed by atoms with van der Waals surface area (Å²) in [5.74, 6) is 0.309. The number of thiophene rings is 1. The Labute approximate surface area is 142 Å². The fraction of sp³-hybridized carbons (Fsp3) is 0.0526.